The van der Waals surface area contributed by atoms with Crippen molar-refractivity contribution >= 4 is 9.84 Å². The number of hydrogen-bond acceptors (Lipinski definition) is 4. The lowest BCUT2D eigenvalue weighted by atomic mass is 10.0. The van der Waals surface area contributed by atoms with Crippen LogP contribution in [0.5, 0.6) is 0 Å². The maximum absolute atomic E-state index is 11.9. The number of fused-ring (bicyclic) bond motifs is 1. The Labute approximate surface area is 117 Å². The van der Waals surface area contributed by atoms with Crippen LogP contribution in [-0.4, -0.2) is 67.5 Å². The van der Waals surface area contributed by atoms with Gasteiger partial charge in [-0.3, -0.25) is 9.80 Å². The van der Waals surface area contributed by atoms with Crippen LogP contribution in [0.4, 0.5) is 0 Å². The van der Waals surface area contributed by atoms with E-state index < -0.39 is 9.84 Å². The summed E-state index contributed by atoms with van der Waals surface area (Å²) in [5, 5.41) is 0. The van der Waals surface area contributed by atoms with Crippen molar-refractivity contribution in [2.45, 2.75) is 57.2 Å². The number of hydrogen-bond donors (Lipinski definition) is 0. The minimum atomic E-state index is -2.79. The van der Waals surface area contributed by atoms with Crippen molar-refractivity contribution in [1.29, 1.82) is 0 Å². The van der Waals surface area contributed by atoms with Gasteiger partial charge in [0.2, 0.25) is 0 Å². The Balaban J connectivity index is 1.74. The summed E-state index contributed by atoms with van der Waals surface area (Å²) < 4.78 is 23.8. The van der Waals surface area contributed by atoms with Gasteiger partial charge in [-0.15, -0.1) is 0 Å². The maximum Gasteiger partial charge on any atom is 0.151 e. The molecule has 3 rings (SSSR count). The summed E-state index contributed by atoms with van der Waals surface area (Å²) in [5.74, 6) is 0.805. The molecule has 3 unspecified atom stereocenters. The van der Waals surface area contributed by atoms with E-state index in [1.54, 1.807) is 0 Å². The average molecular weight is 286 g/mol. The third kappa shape index (κ3) is 2.83. The Morgan fingerprint density at radius 1 is 1.11 bits per heavy atom. The molecule has 0 saturated carbocycles. The van der Waals surface area contributed by atoms with E-state index in [1.165, 1.54) is 19.4 Å². The quantitative estimate of drug-likeness (QED) is 0.763. The van der Waals surface area contributed by atoms with Crippen molar-refractivity contribution in [3.8, 4) is 0 Å². The van der Waals surface area contributed by atoms with Gasteiger partial charge in [-0.25, -0.2) is 8.42 Å². The lowest BCUT2D eigenvalue weighted by molar-refractivity contribution is 0.0208. The molecule has 3 atom stereocenters. The van der Waals surface area contributed by atoms with E-state index in [1.807, 2.05) is 0 Å². The van der Waals surface area contributed by atoms with Crippen molar-refractivity contribution in [2.75, 3.05) is 31.1 Å². The number of rotatable bonds is 2. The second kappa shape index (κ2) is 5.34. The van der Waals surface area contributed by atoms with Crippen molar-refractivity contribution in [1.82, 2.24) is 9.80 Å². The average Bonchev–Trinajstić information content (AvgIpc) is 2.83. The van der Waals surface area contributed by atoms with Gasteiger partial charge in [0.25, 0.3) is 0 Å². The summed E-state index contributed by atoms with van der Waals surface area (Å²) >= 11 is 0. The largest absolute Gasteiger partial charge is 0.298 e. The Bertz CT molecular complexity index is 423. The molecule has 0 aromatic rings. The van der Waals surface area contributed by atoms with Crippen LogP contribution in [0.1, 0.15) is 39.0 Å². The molecule has 3 saturated heterocycles. The Morgan fingerprint density at radius 2 is 1.89 bits per heavy atom. The molecular formula is C14H26N2O2S. The molecule has 0 bridgehead atoms. The highest BCUT2D eigenvalue weighted by atomic mass is 32.2. The fourth-order valence-corrected chi connectivity index (χ4v) is 5.90. The van der Waals surface area contributed by atoms with Gasteiger partial charge in [0.15, 0.2) is 9.84 Å². The maximum atomic E-state index is 11.9. The third-order valence-electron chi connectivity index (χ3n) is 5.21. The van der Waals surface area contributed by atoms with E-state index in [0.717, 1.165) is 32.4 Å². The minimum absolute atomic E-state index is 0.284. The topological polar surface area (TPSA) is 40.6 Å². The molecule has 3 aliphatic rings. The predicted molar refractivity (Wildman–Crippen MR) is 77.1 cm³/mol. The molecule has 0 aliphatic carbocycles. The van der Waals surface area contributed by atoms with Crippen LogP contribution in [0, 0.1) is 0 Å². The highest BCUT2D eigenvalue weighted by molar-refractivity contribution is 7.91. The Hall–Kier alpha value is -0.130. The molecule has 5 heteroatoms. The zero-order chi connectivity index (χ0) is 13.5. The molecule has 0 aromatic heterocycles. The standard InChI is InChI=1S/C14H26N2O2S/c1-2-12-9-15-7-3-5-13(15)10-16(12)14-6-4-8-19(17,18)11-14/h12-14H,2-11H2,1H3. The van der Waals surface area contributed by atoms with Crippen LogP contribution in [0.2, 0.25) is 0 Å². The minimum Gasteiger partial charge on any atom is -0.298 e. The third-order valence-corrected chi connectivity index (χ3v) is 7.02. The van der Waals surface area contributed by atoms with Gasteiger partial charge in [0, 0.05) is 31.2 Å². The van der Waals surface area contributed by atoms with Gasteiger partial charge in [-0.2, -0.15) is 0 Å². The lowest BCUT2D eigenvalue weighted by Crippen LogP contribution is -2.60. The monoisotopic (exact) mass is 286 g/mol. The second-order valence-corrected chi connectivity index (χ2v) is 8.69. The van der Waals surface area contributed by atoms with Crippen LogP contribution < -0.4 is 0 Å². The summed E-state index contributed by atoms with van der Waals surface area (Å²) in [5.41, 5.74) is 0. The van der Waals surface area contributed by atoms with Crippen LogP contribution in [0.15, 0.2) is 0 Å². The van der Waals surface area contributed by atoms with E-state index in [0.29, 0.717) is 23.6 Å². The molecule has 4 nitrogen and oxygen atoms in total. The normalized spacial score (nSPS) is 40.2. The summed E-state index contributed by atoms with van der Waals surface area (Å²) in [7, 11) is -2.79. The van der Waals surface area contributed by atoms with E-state index in [-0.39, 0.29) is 6.04 Å². The number of nitrogens with zero attached hydrogens (tertiary/aromatic N) is 2. The smallest absolute Gasteiger partial charge is 0.151 e. The van der Waals surface area contributed by atoms with Gasteiger partial charge in [0.05, 0.1) is 11.5 Å². The van der Waals surface area contributed by atoms with E-state index in [9.17, 15) is 8.42 Å². The van der Waals surface area contributed by atoms with E-state index >= 15 is 0 Å². The van der Waals surface area contributed by atoms with Crippen molar-refractivity contribution in [3.63, 3.8) is 0 Å². The van der Waals surface area contributed by atoms with Gasteiger partial charge < -0.3 is 0 Å². The zero-order valence-corrected chi connectivity index (χ0v) is 12.7. The molecule has 3 aliphatic heterocycles. The summed E-state index contributed by atoms with van der Waals surface area (Å²) in [4.78, 5) is 5.17. The molecule has 110 valence electrons. The van der Waals surface area contributed by atoms with E-state index in [2.05, 4.69) is 16.7 Å². The summed E-state index contributed by atoms with van der Waals surface area (Å²) in [6.07, 6.45) is 5.68. The molecule has 3 heterocycles. The van der Waals surface area contributed by atoms with Crippen LogP contribution >= 0.6 is 0 Å². The highest BCUT2D eigenvalue weighted by Gasteiger charge is 2.40. The fraction of sp³-hybridized carbons (Fsp3) is 1.00. The number of piperazine rings is 1. The lowest BCUT2D eigenvalue weighted by Gasteiger charge is -2.47. The first-order chi connectivity index (χ1) is 9.09. The van der Waals surface area contributed by atoms with Crippen LogP contribution in [0.3, 0.4) is 0 Å². The SMILES string of the molecule is CCC1CN2CCCC2CN1C1CCCS(=O)(=O)C1. The van der Waals surface area contributed by atoms with Crippen LogP contribution in [0.25, 0.3) is 0 Å². The second-order valence-electron chi connectivity index (χ2n) is 6.46. The molecule has 0 spiro atoms. The molecule has 0 radical (unpaired) electrons. The molecule has 19 heavy (non-hydrogen) atoms. The van der Waals surface area contributed by atoms with Gasteiger partial charge in [0.1, 0.15) is 0 Å². The molecular weight excluding hydrogens is 260 g/mol. The molecule has 3 fully saturated rings. The van der Waals surface area contributed by atoms with E-state index in [4.69, 9.17) is 0 Å². The van der Waals surface area contributed by atoms with Crippen molar-refractivity contribution < 1.29 is 8.42 Å². The first-order valence-electron chi connectivity index (χ1n) is 7.79. The fourth-order valence-electron chi connectivity index (χ4n) is 4.18. The summed E-state index contributed by atoms with van der Waals surface area (Å²) in [6, 6.07) is 1.53. The molecule has 0 aromatic carbocycles. The van der Waals surface area contributed by atoms with Crippen molar-refractivity contribution in [3.05, 3.63) is 0 Å². The molecule has 0 N–H and O–H groups in total. The first kappa shape index (κ1) is 13.8. The van der Waals surface area contributed by atoms with Gasteiger partial charge in [-0.05, 0) is 38.6 Å². The highest BCUT2D eigenvalue weighted by Crippen LogP contribution is 2.30. The number of sulfone groups is 1. The van der Waals surface area contributed by atoms with Gasteiger partial charge in [-0.1, -0.05) is 6.92 Å². The Kier molecular flexibility index (Phi) is 3.89. The van der Waals surface area contributed by atoms with Gasteiger partial charge >= 0.3 is 0 Å². The molecule has 0 amide bonds. The first-order valence-corrected chi connectivity index (χ1v) is 9.61. The van der Waals surface area contributed by atoms with Crippen molar-refractivity contribution in [2.24, 2.45) is 0 Å². The summed E-state index contributed by atoms with van der Waals surface area (Å²) in [6.45, 7) is 5.74. The van der Waals surface area contributed by atoms with Crippen LogP contribution in [-0.2, 0) is 9.84 Å². The predicted octanol–water partition coefficient (Wildman–Crippen LogP) is 1.12. The Morgan fingerprint density at radius 3 is 2.63 bits per heavy atom. The zero-order valence-electron chi connectivity index (χ0n) is 11.9.